The van der Waals surface area contributed by atoms with Gasteiger partial charge in [-0.3, -0.25) is 0 Å². The second-order valence-electron chi connectivity index (χ2n) is 4.41. The summed E-state index contributed by atoms with van der Waals surface area (Å²) in [5.41, 5.74) is 7.29. The van der Waals surface area contributed by atoms with Crippen LogP contribution in [0.5, 0.6) is 5.75 Å². The van der Waals surface area contributed by atoms with Crippen LogP contribution < -0.4 is 10.5 Å². The molecule has 1 unspecified atom stereocenters. The summed E-state index contributed by atoms with van der Waals surface area (Å²) in [6.45, 7) is 0. The van der Waals surface area contributed by atoms with Gasteiger partial charge >= 0.3 is 0 Å². The Morgan fingerprint density at radius 2 is 2.00 bits per heavy atom. The zero-order valence-electron chi connectivity index (χ0n) is 10.9. The first-order valence-electron chi connectivity index (χ1n) is 6.05. The van der Waals surface area contributed by atoms with Gasteiger partial charge in [-0.15, -0.1) is 0 Å². The minimum absolute atomic E-state index is 0.181. The summed E-state index contributed by atoms with van der Waals surface area (Å²) >= 11 is 11.9. The number of benzene rings is 2. The molecule has 106 valence electrons. The molecule has 2 rings (SSSR count). The lowest BCUT2D eigenvalue weighted by atomic mass is 9.99. The fraction of sp³-hybridized carbons (Fsp3) is 0.200. The summed E-state index contributed by atoms with van der Waals surface area (Å²) in [5, 5.41) is 1.08. The summed E-state index contributed by atoms with van der Waals surface area (Å²) in [7, 11) is 1.42. The van der Waals surface area contributed by atoms with E-state index in [1.165, 1.54) is 7.11 Å². The highest BCUT2D eigenvalue weighted by molar-refractivity contribution is 6.35. The van der Waals surface area contributed by atoms with E-state index in [-0.39, 0.29) is 5.75 Å². The Balaban J connectivity index is 2.26. The van der Waals surface area contributed by atoms with Crippen molar-refractivity contribution in [3.05, 3.63) is 63.4 Å². The Bertz CT molecular complexity index is 619. The van der Waals surface area contributed by atoms with Crippen LogP contribution in [0.15, 0.2) is 36.4 Å². The third kappa shape index (κ3) is 3.23. The van der Waals surface area contributed by atoms with E-state index in [1.807, 2.05) is 0 Å². The van der Waals surface area contributed by atoms with E-state index >= 15 is 0 Å². The van der Waals surface area contributed by atoms with Crippen LogP contribution in [-0.4, -0.2) is 7.11 Å². The summed E-state index contributed by atoms with van der Waals surface area (Å²) in [5.74, 6) is -0.257. The van der Waals surface area contributed by atoms with Crippen molar-refractivity contribution < 1.29 is 9.13 Å². The number of nitrogens with two attached hydrogens (primary N) is 1. The standard InChI is InChI=1S/C15H14Cl2FNO/c1-20-14-4-2-3-11(15(14)18)13(19)7-9-5-6-10(16)8-12(9)17/h2-6,8,13H,7,19H2,1H3. The Morgan fingerprint density at radius 3 is 2.65 bits per heavy atom. The van der Waals surface area contributed by atoms with Crippen LogP contribution in [0.4, 0.5) is 4.39 Å². The van der Waals surface area contributed by atoms with Crippen LogP contribution in [0.1, 0.15) is 17.2 Å². The second-order valence-corrected chi connectivity index (χ2v) is 5.25. The predicted molar refractivity (Wildman–Crippen MR) is 80.0 cm³/mol. The average Bonchev–Trinajstić information content (AvgIpc) is 2.42. The van der Waals surface area contributed by atoms with Gasteiger partial charge in [-0.05, 0) is 30.2 Å². The quantitative estimate of drug-likeness (QED) is 0.909. The number of halogens is 3. The van der Waals surface area contributed by atoms with E-state index in [4.69, 9.17) is 33.7 Å². The topological polar surface area (TPSA) is 35.2 Å². The maximum Gasteiger partial charge on any atom is 0.169 e. The van der Waals surface area contributed by atoms with Crippen molar-refractivity contribution in [3.63, 3.8) is 0 Å². The van der Waals surface area contributed by atoms with Gasteiger partial charge in [0.1, 0.15) is 0 Å². The summed E-state index contributed by atoms with van der Waals surface area (Å²) in [4.78, 5) is 0. The van der Waals surface area contributed by atoms with Crippen molar-refractivity contribution in [1.82, 2.24) is 0 Å². The molecule has 0 radical (unpaired) electrons. The maximum absolute atomic E-state index is 14.1. The van der Waals surface area contributed by atoms with Crippen LogP contribution in [0.25, 0.3) is 0 Å². The smallest absolute Gasteiger partial charge is 0.169 e. The fourth-order valence-corrected chi connectivity index (χ4v) is 2.49. The van der Waals surface area contributed by atoms with Crippen molar-refractivity contribution in [2.75, 3.05) is 7.11 Å². The molecular formula is C15H14Cl2FNO. The largest absolute Gasteiger partial charge is 0.494 e. The zero-order valence-corrected chi connectivity index (χ0v) is 12.4. The molecule has 1 atom stereocenters. The molecule has 2 nitrogen and oxygen atoms in total. The number of hydrogen-bond acceptors (Lipinski definition) is 2. The second kappa shape index (κ2) is 6.44. The number of methoxy groups -OCH3 is 1. The molecule has 20 heavy (non-hydrogen) atoms. The van der Waals surface area contributed by atoms with E-state index in [9.17, 15) is 4.39 Å². The summed E-state index contributed by atoms with van der Waals surface area (Å²) in [6.07, 6.45) is 0.417. The van der Waals surface area contributed by atoms with E-state index in [2.05, 4.69) is 0 Å². The highest BCUT2D eigenvalue weighted by Crippen LogP contribution is 2.28. The minimum Gasteiger partial charge on any atom is -0.494 e. The molecule has 5 heteroatoms. The van der Waals surface area contributed by atoms with Crippen LogP contribution >= 0.6 is 23.2 Å². The number of rotatable bonds is 4. The zero-order chi connectivity index (χ0) is 14.7. The Hall–Kier alpha value is -1.29. The first-order chi connectivity index (χ1) is 9.52. The third-order valence-corrected chi connectivity index (χ3v) is 3.65. The molecule has 0 amide bonds. The van der Waals surface area contributed by atoms with Gasteiger partial charge in [-0.2, -0.15) is 0 Å². The monoisotopic (exact) mass is 313 g/mol. The molecule has 0 heterocycles. The minimum atomic E-state index is -0.510. The lowest BCUT2D eigenvalue weighted by molar-refractivity contribution is 0.382. The van der Waals surface area contributed by atoms with E-state index in [0.717, 1.165) is 5.56 Å². The Labute approximate surface area is 127 Å². The fourth-order valence-electron chi connectivity index (χ4n) is 2.01. The SMILES string of the molecule is COc1cccc(C(N)Cc2ccc(Cl)cc2Cl)c1F. The Kier molecular flexibility index (Phi) is 4.86. The van der Waals surface area contributed by atoms with Gasteiger partial charge in [-0.25, -0.2) is 4.39 Å². The molecule has 0 bridgehead atoms. The van der Waals surface area contributed by atoms with Gasteiger partial charge < -0.3 is 10.5 Å². The molecule has 0 saturated carbocycles. The van der Waals surface area contributed by atoms with Crippen LogP contribution in [0, 0.1) is 5.82 Å². The molecular weight excluding hydrogens is 300 g/mol. The van der Waals surface area contributed by atoms with E-state index in [1.54, 1.807) is 36.4 Å². The van der Waals surface area contributed by atoms with Crippen LogP contribution in [0.3, 0.4) is 0 Å². The third-order valence-electron chi connectivity index (χ3n) is 3.07. The van der Waals surface area contributed by atoms with Crippen molar-refractivity contribution in [1.29, 1.82) is 0 Å². The Morgan fingerprint density at radius 1 is 1.25 bits per heavy atom. The predicted octanol–water partition coefficient (Wildman–Crippen LogP) is 4.38. The van der Waals surface area contributed by atoms with Crippen molar-refractivity contribution in [2.45, 2.75) is 12.5 Å². The molecule has 2 N–H and O–H groups in total. The van der Waals surface area contributed by atoms with Gasteiger partial charge in [0.15, 0.2) is 11.6 Å². The lowest BCUT2D eigenvalue weighted by Gasteiger charge is -2.15. The van der Waals surface area contributed by atoms with Crippen molar-refractivity contribution in [3.8, 4) is 5.75 Å². The van der Waals surface area contributed by atoms with Gasteiger partial charge in [-0.1, -0.05) is 41.4 Å². The molecule has 0 aliphatic rings. The van der Waals surface area contributed by atoms with Crippen molar-refractivity contribution >= 4 is 23.2 Å². The first kappa shape index (κ1) is 15.1. The first-order valence-corrected chi connectivity index (χ1v) is 6.80. The summed E-state index contributed by atoms with van der Waals surface area (Å²) < 4.78 is 19.1. The van der Waals surface area contributed by atoms with Gasteiger partial charge in [0.25, 0.3) is 0 Å². The van der Waals surface area contributed by atoms with E-state index in [0.29, 0.717) is 22.0 Å². The van der Waals surface area contributed by atoms with Gasteiger partial charge in [0.2, 0.25) is 0 Å². The molecule has 0 aromatic heterocycles. The van der Waals surface area contributed by atoms with Crippen LogP contribution in [0.2, 0.25) is 10.0 Å². The lowest BCUT2D eigenvalue weighted by Crippen LogP contribution is -2.15. The molecule has 0 aliphatic heterocycles. The van der Waals surface area contributed by atoms with Gasteiger partial charge in [0, 0.05) is 21.7 Å². The molecule has 0 aliphatic carbocycles. The normalized spacial score (nSPS) is 12.2. The molecule has 0 saturated heterocycles. The highest BCUT2D eigenvalue weighted by Gasteiger charge is 2.16. The van der Waals surface area contributed by atoms with Crippen molar-refractivity contribution in [2.24, 2.45) is 5.73 Å². The van der Waals surface area contributed by atoms with Gasteiger partial charge in [0.05, 0.1) is 7.11 Å². The van der Waals surface area contributed by atoms with E-state index < -0.39 is 11.9 Å². The summed E-state index contributed by atoms with van der Waals surface area (Å²) in [6, 6.07) is 9.57. The van der Waals surface area contributed by atoms with Crippen LogP contribution in [-0.2, 0) is 6.42 Å². The number of ether oxygens (including phenoxy) is 1. The number of hydrogen-bond donors (Lipinski definition) is 1. The molecule has 0 spiro atoms. The molecule has 2 aromatic rings. The maximum atomic E-state index is 14.1. The average molecular weight is 314 g/mol. The molecule has 0 fully saturated rings. The molecule has 2 aromatic carbocycles. The highest BCUT2D eigenvalue weighted by atomic mass is 35.5.